The average Bonchev–Trinajstić information content (AvgIpc) is 3.27. The number of rotatable bonds is 26. The maximum atomic E-state index is 13.3. The number of hydrogen-bond donors (Lipinski definition) is 16. The quantitative estimate of drug-likeness (QED) is 0.0358. The van der Waals surface area contributed by atoms with Gasteiger partial charge in [-0.05, 0) is 19.3 Å². The van der Waals surface area contributed by atoms with Crippen molar-refractivity contribution >= 4 is 35.4 Å². The topological polar surface area (TPSA) is 424 Å². The van der Waals surface area contributed by atoms with Crippen LogP contribution in [0, 0.1) is 0 Å². The van der Waals surface area contributed by atoms with Crippen LogP contribution in [-0.2, 0) is 57.2 Å². The molecule has 3 aliphatic rings. The second-order valence-electron chi connectivity index (χ2n) is 17.1. The SMILES string of the molecule is CC(=O)NC1[C@H](OCNC(=O)CCC(CCC(=O)NCO[C@@H]2OC(CO)[C@H](O)[C@H](O)C2NC(C)=O)(CCC(=O)NCO[C@@H]2OC(CO)[C@H](O)[C@H](O)C2NC(C)=O)NC(C)C)OC(CO)[C@H](O)[C@@H]1O. The molecule has 0 bridgehead atoms. The van der Waals surface area contributed by atoms with E-state index < -0.39 is 173 Å². The third-order valence-electron chi connectivity index (χ3n) is 11.4. The van der Waals surface area contributed by atoms with Gasteiger partial charge in [0.1, 0.15) is 93.3 Å². The van der Waals surface area contributed by atoms with Crippen molar-refractivity contribution in [2.75, 3.05) is 40.0 Å². The Balaban J connectivity index is 1.72. The Labute approximate surface area is 392 Å². The van der Waals surface area contributed by atoms with Gasteiger partial charge in [0.2, 0.25) is 35.4 Å². The smallest absolute Gasteiger partial charge is 0.221 e. The van der Waals surface area contributed by atoms with Crippen LogP contribution in [0.25, 0.3) is 0 Å². The number of hydrogen-bond acceptors (Lipinski definition) is 22. The average molecular weight is 986 g/mol. The summed E-state index contributed by atoms with van der Waals surface area (Å²) in [6.07, 6.45) is -18.1. The Morgan fingerprint density at radius 3 is 0.971 bits per heavy atom. The molecule has 0 aromatic carbocycles. The number of aliphatic hydroxyl groups excluding tert-OH is 9. The fourth-order valence-electron chi connectivity index (χ4n) is 7.98. The molecule has 0 aliphatic carbocycles. The Morgan fingerprint density at radius 1 is 0.485 bits per heavy atom. The van der Waals surface area contributed by atoms with Gasteiger partial charge in [0.25, 0.3) is 0 Å². The number of nitrogens with one attached hydrogen (secondary N) is 7. The molecule has 6 unspecified atom stereocenters. The van der Waals surface area contributed by atoms with Crippen LogP contribution in [0.3, 0.4) is 0 Å². The lowest BCUT2D eigenvalue weighted by molar-refractivity contribution is -0.271. The molecular formula is C40H71N7O21. The standard InChI is InChI=1S/C40H71N7O21/c1-18(2)47-40(9-6-25(54)41-15-63-37-28(44-19(3)51)34(60)31(57)22(12-48)66-37,10-7-26(55)42-16-64-38-29(45-20(4)52)35(61)32(58)23(13-49)67-38)11-8-27(56)43-17-65-39-30(46-21(5)53)36(62)33(59)24(14-50)68-39/h18,22-24,28-39,47-50,57-62H,6-17H2,1-5H3,(H,41,54)(H,42,55)(H,43,56)(H,44,51)(H,45,52)(H,46,53)/t22?,23?,24?,28?,29?,30?,31-,32-,33-,34+,35+,36+,37+,38+,39+,40?/m0/s1. The highest BCUT2D eigenvalue weighted by Gasteiger charge is 2.48. The summed E-state index contributed by atoms with van der Waals surface area (Å²) < 4.78 is 33.4. The second kappa shape index (κ2) is 28.1. The first kappa shape index (κ1) is 58.5. The van der Waals surface area contributed by atoms with Crippen molar-refractivity contribution in [2.45, 2.75) is 177 Å². The molecule has 0 saturated carbocycles. The zero-order valence-corrected chi connectivity index (χ0v) is 38.6. The lowest BCUT2D eigenvalue weighted by Crippen LogP contribution is -2.64. The molecule has 3 saturated heterocycles. The van der Waals surface area contributed by atoms with Gasteiger partial charge >= 0.3 is 0 Å². The lowest BCUT2D eigenvalue weighted by atomic mass is 9.82. The van der Waals surface area contributed by atoms with Gasteiger partial charge in [0, 0.05) is 51.6 Å². The molecule has 392 valence electrons. The molecule has 0 spiro atoms. The van der Waals surface area contributed by atoms with Crippen LogP contribution in [-0.4, -0.2) is 225 Å². The molecule has 0 aromatic heterocycles. The molecule has 0 aromatic rings. The largest absolute Gasteiger partial charge is 0.394 e. The third kappa shape index (κ3) is 17.5. The van der Waals surface area contributed by atoms with Crippen LogP contribution in [0.1, 0.15) is 73.1 Å². The van der Waals surface area contributed by atoms with Crippen molar-refractivity contribution < 1.29 is 103 Å². The van der Waals surface area contributed by atoms with Gasteiger partial charge in [-0.1, -0.05) is 13.8 Å². The van der Waals surface area contributed by atoms with E-state index in [0.717, 1.165) is 20.8 Å². The predicted molar refractivity (Wildman–Crippen MR) is 227 cm³/mol. The van der Waals surface area contributed by atoms with Crippen LogP contribution in [0.5, 0.6) is 0 Å². The third-order valence-corrected chi connectivity index (χ3v) is 11.4. The molecular weight excluding hydrogens is 914 g/mol. The Kier molecular flexibility index (Phi) is 24.2. The summed E-state index contributed by atoms with van der Waals surface area (Å²) in [7, 11) is 0. The van der Waals surface area contributed by atoms with E-state index in [1.807, 2.05) is 0 Å². The number of amides is 6. The zero-order chi connectivity index (χ0) is 50.9. The molecule has 0 radical (unpaired) electrons. The first-order valence-corrected chi connectivity index (χ1v) is 22.2. The second-order valence-corrected chi connectivity index (χ2v) is 17.1. The van der Waals surface area contributed by atoms with Crippen LogP contribution >= 0.6 is 0 Å². The first-order chi connectivity index (χ1) is 32.1. The van der Waals surface area contributed by atoms with Crippen LogP contribution in [0.15, 0.2) is 0 Å². The molecule has 3 fully saturated rings. The summed E-state index contributed by atoms with van der Waals surface area (Å²) >= 11 is 0. The first-order valence-electron chi connectivity index (χ1n) is 22.2. The molecule has 16 N–H and O–H groups in total. The highest BCUT2D eigenvalue weighted by atomic mass is 16.7. The normalized spacial score (nSPS) is 32.6. The van der Waals surface area contributed by atoms with E-state index in [2.05, 4.69) is 37.2 Å². The van der Waals surface area contributed by atoms with E-state index in [1.54, 1.807) is 13.8 Å². The Hall–Kier alpha value is -3.82. The number of ether oxygens (including phenoxy) is 6. The van der Waals surface area contributed by atoms with Gasteiger partial charge in [-0.2, -0.15) is 0 Å². The van der Waals surface area contributed by atoms with Gasteiger partial charge in [-0.15, -0.1) is 0 Å². The molecule has 6 amide bonds. The van der Waals surface area contributed by atoms with E-state index >= 15 is 0 Å². The summed E-state index contributed by atoms with van der Waals surface area (Å²) in [5, 5.41) is 110. The minimum atomic E-state index is -1.59. The van der Waals surface area contributed by atoms with E-state index in [-0.39, 0.29) is 44.6 Å². The zero-order valence-electron chi connectivity index (χ0n) is 38.6. The highest BCUT2D eigenvalue weighted by Crippen LogP contribution is 2.28. The summed E-state index contributed by atoms with van der Waals surface area (Å²) in [5.74, 6) is -3.49. The fraction of sp³-hybridized carbons (Fsp3) is 0.850. The minimum Gasteiger partial charge on any atom is -0.394 e. The number of aliphatic hydroxyl groups is 9. The number of carbonyl (C=O) groups is 6. The van der Waals surface area contributed by atoms with Crippen molar-refractivity contribution in [3.8, 4) is 0 Å². The molecule has 15 atom stereocenters. The van der Waals surface area contributed by atoms with Crippen molar-refractivity contribution in [2.24, 2.45) is 0 Å². The minimum absolute atomic E-state index is 0.0185. The summed E-state index contributed by atoms with van der Waals surface area (Å²) in [5.41, 5.74) is -1.12. The fourth-order valence-corrected chi connectivity index (χ4v) is 7.98. The molecule has 28 heteroatoms. The van der Waals surface area contributed by atoms with E-state index in [4.69, 9.17) is 28.4 Å². The van der Waals surface area contributed by atoms with Gasteiger partial charge in [0.05, 0.1) is 19.8 Å². The summed E-state index contributed by atoms with van der Waals surface area (Å²) in [6.45, 7) is 3.46. The molecule has 3 rings (SSSR count). The molecule has 3 heterocycles. The number of carbonyl (C=O) groups excluding carboxylic acids is 6. The molecule has 28 nitrogen and oxygen atoms in total. The van der Waals surface area contributed by atoms with Gasteiger partial charge < -0.3 is 112 Å². The summed E-state index contributed by atoms with van der Waals surface area (Å²) in [4.78, 5) is 75.4. The van der Waals surface area contributed by atoms with Crippen LogP contribution < -0.4 is 37.2 Å². The van der Waals surface area contributed by atoms with E-state index in [1.165, 1.54) is 0 Å². The molecule has 3 aliphatic heterocycles. The van der Waals surface area contributed by atoms with Crippen molar-refractivity contribution in [3.63, 3.8) is 0 Å². The van der Waals surface area contributed by atoms with Crippen molar-refractivity contribution in [1.82, 2.24) is 37.2 Å². The van der Waals surface area contributed by atoms with Gasteiger partial charge in [-0.3, -0.25) is 28.8 Å². The predicted octanol–water partition coefficient (Wildman–Crippen LogP) is -7.83. The Bertz CT molecular complexity index is 1460. The van der Waals surface area contributed by atoms with Gasteiger partial charge in [0.15, 0.2) is 18.9 Å². The summed E-state index contributed by atoms with van der Waals surface area (Å²) in [6, 6.07) is -4.08. The van der Waals surface area contributed by atoms with Crippen molar-refractivity contribution in [3.05, 3.63) is 0 Å². The monoisotopic (exact) mass is 985 g/mol. The van der Waals surface area contributed by atoms with Crippen LogP contribution in [0.2, 0.25) is 0 Å². The highest BCUT2D eigenvalue weighted by molar-refractivity contribution is 5.77. The molecule has 68 heavy (non-hydrogen) atoms. The van der Waals surface area contributed by atoms with Gasteiger partial charge in [-0.25, -0.2) is 0 Å². The van der Waals surface area contributed by atoms with E-state index in [9.17, 15) is 74.7 Å². The van der Waals surface area contributed by atoms with Crippen molar-refractivity contribution in [1.29, 1.82) is 0 Å². The Morgan fingerprint density at radius 2 is 0.750 bits per heavy atom. The lowest BCUT2D eigenvalue weighted by Gasteiger charge is -2.42. The van der Waals surface area contributed by atoms with Crippen LogP contribution in [0.4, 0.5) is 0 Å². The maximum absolute atomic E-state index is 13.3. The maximum Gasteiger partial charge on any atom is 0.221 e. The van der Waals surface area contributed by atoms with E-state index in [0.29, 0.717) is 0 Å².